The number of benzene rings is 2. The van der Waals surface area contributed by atoms with Crippen LogP contribution in [0.4, 0.5) is 4.39 Å². The number of hydrogen-bond donors (Lipinski definition) is 0. The van der Waals surface area contributed by atoms with Crippen LogP contribution in [0, 0.1) is 19.7 Å². The Morgan fingerprint density at radius 2 is 1.96 bits per heavy atom. The van der Waals surface area contributed by atoms with E-state index in [4.69, 9.17) is 9.47 Å². The number of carbonyl (C=O) groups excluding carboxylic acids is 1. The summed E-state index contributed by atoms with van der Waals surface area (Å²) in [6.45, 7) is 6.22. The molecule has 4 heteroatoms. The van der Waals surface area contributed by atoms with Gasteiger partial charge in [0.05, 0.1) is 12.2 Å². The van der Waals surface area contributed by atoms with E-state index in [1.807, 2.05) is 19.9 Å². The van der Waals surface area contributed by atoms with Gasteiger partial charge in [0.15, 0.2) is 0 Å². The standard InChI is InChI=1S/C22H25FO3/c1-4-10-25-22(24)18-7-5-6-17(16-8-9-16)19(18)13-26-21-12-20(23)14(2)11-15(21)3/h5-7,11-12,16H,4,8-10,13H2,1-3H3. The molecule has 0 radical (unpaired) electrons. The Hall–Kier alpha value is -2.36. The smallest absolute Gasteiger partial charge is 0.338 e. The van der Waals surface area contributed by atoms with Gasteiger partial charge in [-0.3, -0.25) is 0 Å². The number of hydrogen-bond acceptors (Lipinski definition) is 3. The molecular weight excluding hydrogens is 331 g/mol. The summed E-state index contributed by atoms with van der Waals surface area (Å²) >= 11 is 0. The van der Waals surface area contributed by atoms with E-state index in [1.54, 1.807) is 19.1 Å². The first-order chi connectivity index (χ1) is 12.5. The Morgan fingerprint density at radius 3 is 2.65 bits per heavy atom. The van der Waals surface area contributed by atoms with Gasteiger partial charge in [-0.05, 0) is 67.9 Å². The molecule has 0 spiro atoms. The molecule has 3 nitrogen and oxygen atoms in total. The second-order valence-electron chi connectivity index (χ2n) is 6.94. The van der Waals surface area contributed by atoms with E-state index in [-0.39, 0.29) is 18.4 Å². The van der Waals surface area contributed by atoms with Gasteiger partial charge in [0.2, 0.25) is 0 Å². The topological polar surface area (TPSA) is 35.5 Å². The van der Waals surface area contributed by atoms with Crippen LogP contribution in [-0.4, -0.2) is 12.6 Å². The van der Waals surface area contributed by atoms with Gasteiger partial charge in [0, 0.05) is 11.6 Å². The molecule has 2 aromatic rings. The maximum absolute atomic E-state index is 13.9. The average Bonchev–Trinajstić information content (AvgIpc) is 3.46. The number of ether oxygens (including phenoxy) is 2. The quantitative estimate of drug-likeness (QED) is 0.618. The van der Waals surface area contributed by atoms with E-state index < -0.39 is 0 Å². The highest BCUT2D eigenvalue weighted by Gasteiger charge is 2.28. The molecular formula is C22H25FO3. The summed E-state index contributed by atoms with van der Waals surface area (Å²) < 4.78 is 25.1. The number of halogens is 1. The molecule has 0 atom stereocenters. The molecule has 1 saturated carbocycles. The molecule has 0 aliphatic heterocycles. The number of carbonyl (C=O) groups is 1. The zero-order valence-electron chi connectivity index (χ0n) is 15.6. The van der Waals surface area contributed by atoms with Crippen molar-refractivity contribution in [1.29, 1.82) is 0 Å². The van der Waals surface area contributed by atoms with E-state index in [1.165, 1.54) is 6.07 Å². The van der Waals surface area contributed by atoms with Crippen molar-refractivity contribution in [3.05, 3.63) is 64.0 Å². The van der Waals surface area contributed by atoms with Crippen LogP contribution in [0.25, 0.3) is 0 Å². The predicted octanol–water partition coefficient (Wildman–Crippen LogP) is 5.47. The van der Waals surface area contributed by atoms with Crippen molar-refractivity contribution in [2.75, 3.05) is 6.61 Å². The average molecular weight is 356 g/mol. The van der Waals surface area contributed by atoms with Crippen LogP contribution in [0.15, 0.2) is 30.3 Å². The molecule has 0 aromatic heterocycles. The normalized spacial score (nSPS) is 13.5. The third-order valence-electron chi connectivity index (χ3n) is 4.71. The SMILES string of the molecule is CCCOC(=O)c1cccc(C2CC2)c1COc1cc(F)c(C)cc1C. The molecule has 0 saturated heterocycles. The van der Waals surface area contributed by atoms with Crippen LogP contribution in [0.1, 0.15) is 64.7 Å². The first kappa shape index (κ1) is 18.4. The fourth-order valence-corrected chi connectivity index (χ4v) is 3.12. The number of esters is 1. The van der Waals surface area contributed by atoms with Crippen molar-refractivity contribution < 1.29 is 18.7 Å². The van der Waals surface area contributed by atoms with Crippen molar-refractivity contribution >= 4 is 5.97 Å². The molecule has 2 aromatic carbocycles. The van der Waals surface area contributed by atoms with Crippen LogP contribution in [0.5, 0.6) is 5.75 Å². The summed E-state index contributed by atoms with van der Waals surface area (Å²) in [7, 11) is 0. The maximum atomic E-state index is 13.9. The lowest BCUT2D eigenvalue weighted by Gasteiger charge is -2.16. The van der Waals surface area contributed by atoms with E-state index in [2.05, 4.69) is 6.07 Å². The van der Waals surface area contributed by atoms with Crippen LogP contribution in [-0.2, 0) is 11.3 Å². The lowest BCUT2D eigenvalue weighted by atomic mass is 9.98. The van der Waals surface area contributed by atoms with Gasteiger partial charge in [-0.2, -0.15) is 0 Å². The minimum absolute atomic E-state index is 0.229. The van der Waals surface area contributed by atoms with Gasteiger partial charge >= 0.3 is 5.97 Å². The summed E-state index contributed by atoms with van der Waals surface area (Å²) in [5.74, 6) is 0.373. The van der Waals surface area contributed by atoms with Crippen molar-refractivity contribution in [2.24, 2.45) is 0 Å². The molecule has 3 rings (SSSR count). The summed E-state index contributed by atoms with van der Waals surface area (Å²) in [6, 6.07) is 8.92. The molecule has 1 aliphatic rings. The molecule has 1 aliphatic carbocycles. The zero-order valence-corrected chi connectivity index (χ0v) is 15.6. The van der Waals surface area contributed by atoms with Crippen LogP contribution >= 0.6 is 0 Å². The fraction of sp³-hybridized carbons (Fsp3) is 0.409. The van der Waals surface area contributed by atoms with Gasteiger partial charge in [-0.15, -0.1) is 0 Å². The van der Waals surface area contributed by atoms with Gasteiger partial charge in [0.1, 0.15) is 18.2 Å². The van der Waals surface area contributed by atoms with Crippen molar-refractivity contribution in [2.45, 2.75) is 52.6 Å². The van der Waals surface area contributed by atoms with Gasteiger partial charge in [-0.1, -0.05) is 19.1 Å². The van der Waals surface area contributed by atoms with Crippen LogP contribution in [0.2, 0.25) is 0 Å². The molecule has 26 heavy (non-hydrogen) atoms. The van der Waals surface area contributed by atoms with Crippen LogP contribution in [0.3, 0.4) is 0 Å². The van der Waals surface area contributed by atoms with E-state index in [0.717, 1.165) is 36.0 Å². The highest BCUT2D eigenvalue weighted by Crippen LogP contribution is 2.42. The number of rotatable bonds is 7. The molecule has 138 valence electrons. The minimum Gasteiger partial charge on any atom is -0.488 e. The molecule has 1 fully saturated rings. The summed E-state index contributed by atoms with van der Waals surface area (Å²) in [5, 5.41) is 0. The lowest BCUT2D eigenvalue weighted by Crippen LogP contribution is -2.13. The Morgan fingerprint density at radius 1 is 1.19 bits per heavy atom. The lowest BCUT2D eigenvalue weighted by molar-refractivity contribution is 0.0502. The van der Waals surface area contributed by atoms with Gasteiger partial charge < -0.3 is 9.47 Å². The van der Waals surface area contributed by atoms with E-state index >= 15 is 0 Å². The molecule has 0 amide bonds. The second-order valence-corrected chi connectivity index (χ2v) is 6.94. The Kier molecular flexibility index (Phi) is 5.60. The largest absolute Gasteiger partial charge is 0.488 e. The molecule has 0 bridgehead atoms. The van der Waals surface area contributed by atoms with Crippen LogP contribution < -0.4 is 4.74 Å². The Labute approximate surface area is 154 Å². The number of aryl methyl sites for hydroxylation is 2. The molecule has 0 heterocycles. The first-order valence-corrected chi connectivity index (χ1v) is 9.19. The third kappa shape index (κ3) is 4.06. The highest BCUT2D eigenvalue weighted by atomic mass is 19.1. The maximum Gasteiger partial charge on any atom is 0.338 e. The summed E-state index contributed by atoms with van der Waals surface area (Å²) in [4.78, 5) is 12.5. The fourth-order valence-electron chi connectivity index (χ4n) is 3.12. The Balaban J connectivity index is 1.88. The third-order valence-corrected chi connectivity index (χ3v) is 4.71. The predicted molar refractivity (Wildman–Crippen MR) is 99.2 cm³/mol. The van der Waals surface area contributed by atoms with E-state index in [9.17, 15) is 9.18 Å². The van der Waals surface area contributed by atoms with Crippen molar-refractivity contribution in [1.82, 2.24) is 0 Å². The zero-order chi connectivity index (χ0) is 18.7. The summed E-state index contributed by atoms with van der Waals surface area (Å²) in [5.41, 5.74) is 4.02. The second kappa shape index (κ2) is 7.90. The van der Waals surface area contributed by atoms with Crippen molar-refractivity contribution in [3.8, 4) is 5.75 Å². The molecule has 0 N–H and O–H groups in total. The first-order valence-electron chi connectivity index (χ1n) is 9.19. The van der Waals surface area contributed by atoms with Crippen molar-refractivity contribution in [3.63, 3.8) is 0 Å². The minimum atomic E-state index is -0.320. The van der Waals surface area contributed by atoms with E-state index in [0.29, 0.717) is 29.4 Å². The monoisotopic (exact) mass is 356 g/mol. The van der Waals surface area contributed by atoms with Gasteiger partial charge in [0.25, 0.3) is 0 Å². The summed E-state index contributed by atoms with van der Waals surface area (Å²) in [6.07, 6.45) is 3.03. The Bertz CT molecular complexity index is 809. The highest BCUT2D eigenvalue weighted by molar-refractivity contribution is 5.91. The van der Waals surface area contributed by atoms with Gasteiger partial charge in [-0.25, -0.2) is 9.18 Å². The molecule has 0 unspecified atom stereocenters.